The number of carbonyl (C=O) groups is 4. The molecule has 10 heteroatoms. The summed E-state index contributed by atoms with van der Waals surface area (Å²) in [6, 6.07) is 14.7. The van der Waals surface area contributed by atoms with Crippen LogP contribution in [0.2, 0.25) is 0 Å². The van der Waals surface area contributed by atoms with E-state index >= 15 is 0 Å². The monoisotopic (exact) mass is 460 g/mol. The van der Waals surface area contributed by atoms with Gasteiger partial charge in [0.1, 0.15) is 5.78 Å². The molecule has 10 nitrogen and oxygen atoms in total. The van der Waals surface area contributed by atoms with Gasteiger partial charge >= 0.3 is 0 Å². The summed E-state index contributed by atoms with van der Waals surface area (Å²) in [5, 5.41) is 7.00. The topological polar surface area (TPSA) is 153 Å². The number of hydrogen-bond donors (Lipinski definition) is 3. The third-order valence-electron chi connectivity index (χ3n) is 5.58. The molecule has 0 bridgehead atoms. The van der Waals surface area contributed by atoms with Crippen LogP contribution in [0.1, 0.15) is 33.7 Å². The molecule has 1 aliphatic heterocycles. The van der Waals surface area contributed by atoms with Gasteiger partial charge in [-0.25, -0.2) is 4.68 Å². The summed E-state index contributed by atoms with van der Waals surface area (Å²) in [6.07, 6.45) is 2.37. The van der Waals surface area contributed by atoms with E-state index in [9.17, 15) is 19.2 Å². The number of nitrogens with two attached hydrogens (primary N) is 2. The Bertz CT molecular complexity index is 1250. The summed E-state index contributed by atoms with van der Waals surface area (Å²) in [6.45, 7) is 0.745. The van der Waals surface area contributed by atoms with Crippen LogP contribution in [0.5, 0.6) is 0 Å². The molecule has 0 spiro atoms. The largest absolute Gasteiger partial charge is 0.373 e. The van der Waals surface area contributed by atoms with Crippen molar-refractivity contribution in [2.75, 3.05) is 25.0 Å². The summed E-state index contributed by atoms with van der Waals surface area (Å²) >= 11 is 0. The van der Waals surface area contributed by atoms with Crippen LogP contribution >= 0.6 is 0 Å². The first-order valence-electron chi connectivity index (χ1n) is 10.8. The molecule has 1 fully saturated rings. The number of piperidine rings is 1. The van der Waals surface area contributed by atoms with Crippen molar-refractivity contribution in [3.8, 4) is 16.8 Å². The summed E-state index contributed by atoms with van der Waals surface area (Å²) in [4.78, 5) is 48.7. The average molecular weight is 460 g/mol. The van der Waals surface area contributed by atoms with Crippen molar-refractivity contribution >= 4 is 29.2 Å². The molecule has 0 atom stereocenters. The normalized spacial score (nSPS) is 13.5. The van der Waals surface area contributed by atoms with Crippen molar-refractivity contribution in [1.82, 2.24) is 14.7 Å². The summed E-state index contributed by atoms with van der Waals surface area (Å²) in [7, 11) is 0. The van der Waals surface area contributed by atoms with Crippen LogP contribution in [0.4, 0.5) is 5.69 Å². The number of Topliss-reactive ketones (excluding diaryl/α,β-unsaturated/α-hetero) is 1. The van der Waals surface area contributed by atoms with Crippen molar-refractivity contribution in [2.45, 2.75) is 12.8 Å². The number of benzene rings is 2. The Balaban J connectivity index is 1.55. The van der Waals surface area contributed by atoms with Crippen LogP contribution in [0.3, 0.4) is 0 Å². The highest BCUT2D eigenvalue weighted by molar-refractivity contribution is 5.97. The lowest BCUT2D eigenvalue weighted by atomic mass is 10.0. The number of nitrogens with zero attached hydrogens (tertiary/aromatic N) is 3. The van der Waals surface area contributed by atoms with Gasteiger partial charge in [-0.15, -0.1) is 0 Å². The molecule has 1 aromatic heterocycles. The van der Waals surface area contributed by atoms with Crippen molar-refractivity contribution in [3.63, 3.8) is 0 Å². The number of aromatic nitrogens is 2. The van der Waals surface area contributed by atoms with Gasteiger partial charge in [0.15, 0.2) is 5.69 Å². The number of carbonyl (C=O) groups excluding carboxylic acids is 4. The molecule has 2 aromatic carbocycles. The first-order valence-corrected chi connectivity index (χ1v) is 10.8. The number of primary amides is 2. The first kappa shape index (κ1) is 22.7. The second kappa shape index (κ2) is 9.57. The third kappa shape index (κ3) is 4.96. The zero-order valence-corrected chi connectivity index (χ0v) is 18.4. The van der Waals surface area contributed by atoms with E-state index in [2.05, 4.69) is 10.4 Å². The average Bonchev–Trinajstić information content (AvgIpc) is 3.28. The Kier molecular flexibility index (Phi) is 6.39. The minimum absolute atomic E-state index is 0.00562. The van der Waals surface area contributed by atoms with Crippen LogP contribution in [-0.4, -0.2) is 57.8 Å². The number of hydrogen-bond acceptors (Lipinski definition) is 6. The molecule has 2 heterocycles. The van der Waals surface area contributed by atoms with Gasteiger partial charge in [-0.05, 0) is 35.4 Å². The van der Waals surface area contributed by atoms with Crippen LogP contribution in [0.25, 0.3) is 16.8 Å². The second-order valence-corrected chi connectivity index (χ2v) is 7.98. The molecule has 0 unspecified atom stereocenters. The minimum Gasteiger partial charge on any atom is -0.373 e. The zero-order chi connectivity index (χ0) is 24.2. The van der Waals surface area contributed by atoms with Gasteiger partial charge in [0.2, 0.25) is 5.91 Å². The maximum absolute atomic E-state index is 12.7. The number of likely N-dealkylation sites (tertiary alicyclic amines) is 1. The molecular formula is C24H24N6O4. The van der Waals surface area contributed by atoms with Crippen molar-refractivity contribution < 1.29 is 19.2 Å². The molecule has 3 amide bonds. The molecule has 34 heavy (non-hydrogen) atoms. The van der Waals surface area contributed by atoms with Gasteiger partial charge in [0, 0.05) is 31.5 Å². The Morgan fingerprint density at radius 3 is 2.32 bits per heavy atom. The first-order chi connectivity index (χ1) is 16.3. The van der Waals surface area contributed by atoms with Gasteiger partial charge in [0.25, 0.3) is 11.8 Å². The van der Waals surface area contributed by atoms with E-state index < -0.39 is 11.8 Å². The smallest absolute Gasteiger partial charge is 0.271 e. The number of anilines is 1. The van der Waals surface area contributed by atoms with Gasteiger partial charge in [-0.1, -0.05) is 24.3 Å². The highest BCUT2D eigenvalue weighted by atomic mass is 16.2. The number of rotatable bonds is 7. The zero-order valence-electron chi connectivity index (χ0n) is 18.4. The van der Waals surface area contributed by atoms with E-state index in [1.54, 1.807) is 23.2 Å². The molecule has 5 N–H and O–H groups in total. The molecule has 1 saturated heterocycles. The Hall–Kier alpha value is -4.47. The number of amides is 3. The molecule has 0 radical (unpaired) electrons. The van der Waals surface area contributed by atoms with E-state index in [1.165, 1.54) is 4.68 Å². The molecule has 3 aromatic rings. The highest BCUT2D eigenvalue weighted by Crippen LogP contribution is 2.25. The Morgan fingerprint density at radius 2 is 1.68 bits per heavy atom. The van der Waals surface area contributed by atoms with Gasteiger partial charge in [0.05, 0.1) is 24.1 Å². The van der Waals surface area contributed by atoms with Gasteiger partial charge in [-0.3, -0.25) is 19.2 Å². The third-order valence-corrected chi connectivity index (χ3v) is 5.58. The maximum Gasteiger partial charge on any atom is 0.271 e. The summed E-state index contributed by atoms with van der Waals surface area (Å²) < 4.78 is 1.49. The lowest BCUT2D eigenvalue weighted by Gasteiger charge is -2.26. The lowest BCUT2D eigenvalue weighted by Crippen LogP contribution is -2.38. The van der Waals surface area contributed by atoms with Crippen LogP contribution in [0.15, 0.2) is 54.7 Å². The highest BCUT2D eigenvalue weighted by Gasteiger charge is 2.22. The SMILES string of the molecule is NC(=O)CNc1cn(-c2cccc(-c3ccc(C(=O)N4CCC(=O)CC4)cc3)c2)nc1C(N)=O. The van der Waals surface area contributed by atoms with Crippen LogP contribution in [0, 0.1) is 0 Å². The molecule has 174 valence electrons. The fraction of sp³-hybridized carbons (Fsp3) is 0.208. The van der Waals surface area contributed by atoms with E-state index in [1.807, 2.05) is 36.4 Å². The van der Waals surface area contributed by atoms with Gasteiger partial charge in [-0.2, -0.15) is 5.10 Å². The van der Waals surface area contributed by atoms with Crippen molar-refractivity contribution in [3.05, 3.63) is 66.0 Å². The molecule has 0 saturated carbocycles. The van der Waals surface area contributed by atoms with Crippen molar-refractivity contribution in [2.24, 2.45) is 11.5 Å². The fourth-order valence-electron chi connectivity index (χ4n) is 3.77. The van der Waals surface area contributed by atoms with Crippen molar-refractivity contribution in [1.29, 1.82) is 0 Å². The number of ketones is 1. The summed E-state index contributed by atoms with van der Waals surface area (Å²) in [5.74, 6) is -1.21. The van der Waals surface area contributed by atoms with E-state index in [0.29, 0.717) is 42.9 Å². The maximum atomic E-state index is 12.7. The lowest BCUT2D eigenvalue weighted by molar-refractivity contribution is -0.121. The van der Waals surface area contributed by atoms with E-state index in [0.717, 1.165) is 11.1 Å². The molecule has 4 rings (SSSR count). The molecule has 0 aliphatic carbocycles. The minimum atomic E-state index is -0.736. The number of nitrogens with one attached hydrogen (secondary N) is 1. The summed E-state index contributed by atoms with van der Waals surface area (Å²) in [5.41, 5.74) is 13.9. The van der Waals surface area contributed by atoms with Crippen LogP contribution in [-0.2, 0) is 9.59 Å². The molecular weight excluding hydrogens is 436 g/mol. The Labute approximate surface area is 195 Å². The molecule has 1 aliphatic rings. The second-order valence-electron chi connectivity index (χ2n) is 7.98. The standard InChI is InChI=1S/C24H24N6O4/c25-21(32)13-27-20-14-30(28-22(20)23(26)33)18-3-1-2-17(12-18)15-4-6-16(7-5-15)24(34)29-10-8-19(31)9-11-29/h1-7,12,14,27H,8-11,13H2,(H2,25,32)(H2,26,33). The quantitative estimate of drug-likeness (QED) is 0.484. The van der Waals surface area contributed by atoms with E-state index in [4.69, 9.17) is 11.5 Å². The van der Waals surface area contributed by atoms with E-state index in [-0.39, 0.29) is 23.9 Å². The van der Waals surface area contributed by atoms with Crippen LogP contribution < -0.4 is 16.8 Å². The fourth-order valence-corrected chi connectivity index (χ4v) is 3.77. The predicted molar refractivity (Wildman–Crippen MR) is 125 cm³/mol. The Morgan fingerprint density at radius 1 is 0.971 bits per heavy atom. The van der Waals surface area contributed by atoms with Gasteiger partial charge < -0.3 is 21.7 Å². The predicted octanol–water partition coefficient (Wildman–Crippen LogP) is 1.34.